The van der Waals surface area contributed by atoms with Crippen LogP contribution in [0.3, 0.4) is 0 Å². The number of benzene rings is 2. The molecular formula is C17H18BrNO4S. The van der Waals surface area contributed by atoms with E-state index in [1.54, 1.807) is 12.1 Å². The van der Waals surface area contributed by atoms with Crippen LogP contribution in [0.5, 0.6) is 11.5 Å². The summed E-state index contributed by atoms with van der Waals surface area (Å²) in [6.45, 7) is 1.91. The van der Waals surface area contributed by atoms with Gasteiger partial charge in [0.2, 0.25) is 0 Å². The minimum absolute atomic E-state index is 0.146. The van der Waals surface area contributed by atoms with Gasteiger partial charge < -0.3 is 9.47 Å². The van der Waals surface area contributed by atoms with Gasteiger partial charge in [-0.15, -0.1) is 0 Å². The average Bonchev–Trinajstić information content (AvgIpc) is 2.89. The first-order valence-electron chi connectivity index (χ1n) is 7.43. The van der Waals surface area contributed by atoms with Gasteiger partial charge in [0.05, 0.1) is 24.8 Å². The number of fused-ring (bicyclic) bond motifs is 1. The van der Waals surface area contributed by atoms with Crippen LogP contribution in [-0.2, 0) is 16.4 Å². The zero-order valence-corrected chi connectivity index (χ0v) is 16.0. The fourth-order valence-corrected chi connectivity index (χ4v) is 5.15. The monoisotopic (exact) mass is 411 g/mol. The molecule has 5 nitrogen and oxygen atoms in total. The molecule has 0 N–H and O–H groups in total. The lowest BCUT2D eigenvalue weighted by molar-refractivity contribution is 0.354. The van der Waals surface area contributed by atoms with Gasteiger partial charge in [-0.05, 0) is 49.2 Å². The molecule has 1 unspecified atom stereocenters. The highest BCUT2D eigenvalue weighted by molar-refractivity contribution is 9.10. The molecule has 128 valence electrons. The first kappa shape index (κ1) is 17.1. The van der Waals surface area contributed by atoms with E-state index in [2.05, 4.69) is 15.9 Å². The summed E-state index contributed by atoms with van der Waals surface area (Å²) in [6.07, 6.45) is 0.682. The normalized spacial score (nSPS) is 16.8. The Kier molecular flexibility index (Phi) is 4.48. The van der Waals surface area contributed by atoms with E-state index < -0.39 is 10.0 Å². The summed E-state index contributed by atoms with van der Waals surface area (Å²) in [5.74, 6) is 0.886. The number of anilines is 1. The Balaban J connectivity index is 2.09. The summed E-state index contributed by atoms with van der Waals surface area (Å²) < 4.78 is 39.2. The molecule has 2 aromatic rings. The molecule has 0 aromatic heterocycles. The molecule has 24 heavy (non-hydrogen) atoms. The molecule has 2 aromatic carbocycles. The molecule has 1 atom stereocenters. The molecule has 0 radical (unpaired) electrons. The second kappa shape index (κ2) is 6.29. The molecule has 0 spiro atoms. The van der Waals surface area contributed by atoms with Crippen molar-refractivity contribution in [3.05, 3.63) is 46.4 Å². The van der Waals surface area contributed by atoms with E-state index >= 15 is 0 Å². The summed E-state index contributed by atoms with van der Waals surface area (Å²) in [5, 5.41) is 0. The predicted molar refractivity (Wildman–Crippen MR) is 96.5 cm³/mol. The summed E-state index contributed by atoms with van der Waals surface area (Å²) >= 11 is 3.44. The lowest BCUT2D eigenvalue weighted by Crippen LogP contribution is -2.35. The summed E-state index contributed by atoms with van der Waals surface area (Å²) in [4.78, 5) is 0.183. The van der Waals surface area contributed by atoms with Crippen molar-refractivity contribution in [3.63, 3.8) is 0 Å². The van der Waals surface area contributed by atoms with Gasteiger partial charge in [0.15, 0.2) is 11.5 Å². The molecule has 7 heteroatoms. The van der Waals surface area contributed by atoms with Gasteiger partial charge in [0.1, 0.15) is 0 Å². The maximum Gasteiger partial charge on any atom is 0.264 e. The first-order valence-corrected chi connectivity index (χ1v) is 9.66. The molecular weight excluding hydrogens is 394 g/mol. The Labute approximate surface area is 150 Å². The van der Waals surface area contributed by atoms with Crippen LogP contribution in [0.4, 0.5) is 5.69 Å². The van der Waals surface area contributed by atoms with Crippen LogP contribution in [0.25, 0.3) is 0 Å². The van der Waals surface area contributed by atoms with Gasteiger partial charge in [-0.25, -0.2) is 8.42 Å². The van der Waals surface area contributed by atoms with Crippen molar-refractivity contribution in [1.29, 1.82) is 0 Å². The molecule has 0 saturated carbocycles. The standard InChI is InChI=1S/C17H18BrNO4S/c1-11-8-12-9-13(18)4-6-15(12)19(11)24(20,21)14-5-7-16(22-2)17(10-14)23-3/h4-7,9-11H,8H2,1-3H3. The second-order valence-corrected chi connectivity index (χ2v) is 8.37. The van der Waals surface area contributed by atoms with Crippen molar-refractivity contribution in [2.24, 2.45) is 0 Å². The molecule has 0 fully saturated rings. The van der Waals surface area contributed by atoms with E-state index in [4.69, 9.17) is 9.47 Å². The van der Waals surface area contributed by atoms with Gasteiger partial charge in [0, 0.05) is 16.6 Å². The lowest BCUT2D eigenvalue weighted by Gasteiger charge is -2.25. The van der Waals surface area contributed by atoms with E-state index in [9.17, 15) is 8.42 Å². The number of ether oxygens (including phenoxy) is 2. The summed E-state index contributed by atoms with van der Waals surface area (Å²) in [5.41, 5.74) is 1.74. The quantitative estimate of drug-likeness (QED) is 0.770. The van der Waals surface area contributed by atoms with Crippen molar-refractivity contribution in [3.8, 4) is 11.5 Å². The van der Waals surface area contributed by atoms with E-state index in [1.165, 1.54) is 24.6 Å². The first-order chi connectivity index (χ1) is 11.4. The zero-order valence-electron chi connectivity index (χ0n) is 13.6. The van der Waals surface area contributed by atoms with Crippen LogP contribution in [-0.4, -0.2) is 28.7 Å². The van der Waals surface area contributed by atoms with Crippen LogP contribution >= 0.6 is 15.9 Å². The van der Waals surface area contributed by atoms with Gasteiger partial charge in [0.25, 0.3) is 10.0 Å². The third-order valence-corrected chi connectivity index (χ3v) is 6.52. The van der Waals surface area contributed by atoms with E-state index in [-0.39, 0.29) is 10.9 Å². The summed E-state index contributed by atoms with van der Waals surface area (Å²) in [6, 6.07) is 10.2. The average molecular weight is 412 g/mol. The molecule has 1 aliphatic heterocycles. The van der Waals surface area contributed by atoms with Crippen molar-refractivity contribution in [1.82, 2.24) is 0 Å². The Morgan fingerprint density at radius 3 is 2.46 bits per heavy atom. The third-order valence-electron chi connectivity index (χ3n) is 4.11. The Morgan fingerprint density at radius 2 is 1.79 bits per heavy atom. The number of hydrogen-bond donors (Lipinski definition) is 0. The lowest BCUT2D eigenvalue weighted by atomic mass is 10.1. The zero-order chi connectivity index (χ0) is 17.5. The Hall–Kier alpha value is -1.73. The summed E-state index contributed by atoms with van der Waals surface area (Å²) in [7, 11) is -0.687. The van der Waals surface area contributed by atoms with Crippen LogP contribution in [0, 0.1) is 0 Å². The van der Waals surface area contributed by atoms with Crippen LogP contribution in [0.15, 0.2) is 45.8 Å². The molecule has 0 aliphatic carbocycles. The minimum atomic E-state index is -3.69. The molecule has 3 rings (SSSR count). The van der Waals surface area contributed by atoms with Gasteiger partial charge in [-0.3, -0.25) is 4.31 Å². The van der Waals surface area contributed by atoms with Crippen molar-refractivity contribution >= 4 is 31.6 Å². The third kappa shape index (κ3) is 2.75. The topological polar surface area (TPSA) is 55.8 Å². The largest absolute Gasteiger partial charge is 0.493 e. The van der Waals surface area contributed by atoms with E-state index in [0.29, 0.717) is 17.9 Å². The SMILES string of the molecule is COc1ccc(S(=O)(=O)N2c3ccc(Br)cc3CC2C)cc1OC. The number of hydrogen-bond acceptors (Lipinski definition) is 4. The maximum atomic E-state index is 13.2. The molecule has 1 heterocycles. The number of methoxy groups -OCH3 is 2. The van der Waals surface area contributed by atoms with Crippen molar-refractivity contribution in [2.45, 2.75) is 24.3 Å². The van der Waals surface area contributed by atoms with Crippen molar-refractivity contribution < 1.29 is 17.9 Å². The maximum absolute atomic E-state index is 13.2. The Bertz CT molecular complexity index is 882. The highest BCUT2D eigenvalue weighted by Gasteiger charge is 2.36. The molecule has 0 saturated heterocycles. The highest BCUT2D eigenvalue weighted by atomic mass is 79.9. The van der Waals surface area contributed by atoms with E-state index in [1.807, 2.05) is 25.1 Å². The van der Waals surface area contributed by atoms with Gasteiger partial charge in [-0.2, -0.15) is 0 Å². The number of sulfonamides is 1. The second-order valence-electron chi connectivity index (χ2n) is 5.64. The van der Waals surface area contributed by atoms with Gasteiger partial charge >= 0.3 is 0 Å². The molecule has 1 aliphatic rings. The number of nitrogens with zero attached hydrogens (tertiary/aromatic N) is 1. The minimum Gasteiger partial charge on any atom is -0.493 e. The smallest absolute Gasteiger partial charge is 0.264 e. The van der Waals surface area contributed by atoms with Crippen molar-refractivity contribution in [2.75, 3.05) is 18.5 Å². The van der Waals surface area contributed by atoms with Crippen LogP contribution in [0.1, 0.15) is 12.5 Å². The van der Waals surface area contributed by atoms with Gasteiger partial charge in [-0.1, -0.05) is 15.9 Å². The fraction of sp³-hybridized carbons (Fsp3) is 0.294. The fourth-order valence-electron chi connectivity index (χ4n) is 3.03. The highest BCUT2D eigenvalue weighted by Crippen LogP contribution is 2.39. The molecule has 0 amide bonds. The molecule has 0 bridgehead atoms. The van der Waals surface area contributed by atoms with Crippen LogP contribution < -0.4 is 13.8 Å². The van der Waals surface area contributed by atoms with Crippen LogP contribution in [0.2, 0.25) is 0 Å². The number of halogens is 1. The van der Waals surface area contributed by atoms with E-state index in [0.717, 1.165) is 15.7 Å². The predicted octanol–water partition coefficient (Wildman–Crippen LogP) is 3.61. The number of rotatable bonds is 4. The Morgan fingerprint density at radius 1 is 1.08 bits per heavy atom.